The Hall–Kier alpha value is -1.65. The maximum atomic E-state index is 13.7. The van der Waals surface area contributed by atoms with Gasteiger partial charge in [0.05, 0.1) is 11.6 Å². The number of anilines is 1. The molecule has 1 aliphatic carbocycles. The topological polar surface area (TPSA) is 40.5 Å². The van der Waals surface area contributed by atoms with E-state index in [9.17, 15) is 13.6 Å². The second-order valence-electron chi connectivity index (χ2n) is 5.05. The molecule has 0 aromatic heterocycles. The lowest BCUT2D eigenvalue weighted by Gasteiger charge is -2.35. The highest BCUT2D eigenvalue weighted by Gasteiger charge is 2.28. The third-order valence-corrected chi connectivity index (χ3v) is 3.88. The summed E-state index contributed by atoms with van der Waals surface area (Å²) in [5, 5.41) is 8.94. The van der Waals surface area contributed by atoms with Gasteiger partial charge in [0, 0.05) is 19.2 Å². The van der Waals surface area contributed by atoms with E-state index in [1.165, 1.54) is 6.07 Å². The van der Waals surface area contributed by atoms with Gasteiger partial charge < -0.3 is 10.0 Å². The lowest BCUT2D eigenvalue weighted by Crippen LogP contribution is -2.37. The molecule has 0 radical (unpaired) electrons. The average molecular weight is 269 g/mol. The summed E-state index contributed by atoms with van der Waals surface area (Å²) >= 11 is 0. The molecule has 2 rings (SSSR count). The second kappa shape index (κ2) is 5.55. The highest BCUT2D eigenvalue weighted by atomic mass is 19.1. The molecule has 0 aliphatic heterocycles. The van der Waals surface area contributed by atoms with E-state index in [0.717, 1.165) is 12.1 Å². The third kappa shape index (κ3) is 3.03. The molecule has 1 fully saturated rings. The summed E-state index contributed by atoms with van der Waals surface area (Å²) in [6, 6.07) is 3.45. The molecular formula is C14H17F2NO2. The minimum atomic E-state index is -0.766. The number of halogens is 2. The van der Waals surface area contributed by atoms with Gasteiger partial charge in [-0.2, -0.15) is 0 Å². The summed E-state index contributed by atoms with van der Waals surface area (Å²) in [6.45, 7) is 0. The summed E-state index contributed by atoms with van der Waals surface area (Å²) < 4.78 is 26.8. The fraction of sp³-hybridized carbons (Fsp3) is 0.500. The van der Waals surface area contributed by atoms with Crippen LogP contribution in [0.4, 0.5) is 14.5 Å². The van der Waals surface area contributed by atoms with Crippen LogP contribution in [-0.4, -0.2) is 24.2 Å². The summed E-state index contributed by atoms with van der Waals surface area (Å²) in [7, 11) is 1.73. The van der Waals surface area contributed by atoms with Crippen molar-refractivity contribution in [2.45, 2.75) is 31.7 Å². The molecule has 1 aromatic carbocycles. The Morgan fingerprint density at radius 1 is 1.26 bits per heavy atom. The minimum Gasteiger partial charge on any atom is -0.481 e. The van der Waals surface area contributed by atoms with E-state index in [-0.39, 0.29) is 17.6 Å². The van der Waals surface area contributed by atoms with Crippen LogP contribution in [0.5, 0.6) is 0 Å². The van der Waals surface area contributed by atoms with Crippen LogP contribution in [0.15, 0.2) is 18.2 Å². The van der Waals surface area contributed by atoms with Crippen molar-refractivity contribution in [3.8, 4) is 0 Å². The van der Waals surface area contributed by atoms with E-state index in [1.54, 1.807) is 11.9 Å². The summed E-state index contributed by atoms with van der Waals surface area (Å²) in [5.74, 6) is -1.99. The zero-order valence-corrected chi connectivity index (χ0v) is 10.8. The van der Waals surface area contributed by atoms with Crippen LogP contribution >= 0.6 is 0 Å². The Bertz CT molecular complexity index is 471. The summed E-state index contributed by atoms with van der Waals surface area (Å²) in [5.41, 5.74) is 0.235. The zero-order valence-electron chi connectivity index (χ0n) is 10.8. The Morgan fingerprint density at radius 3 is 2.47 bits per heavy atom. The Morgan fingerprint density at radius 2 is 1.89 bits per heavy atom. The molecule has 0 bridgehead atoms. The van der Waals surface area contributed by atoms with Crippen LogP contribution in [0, 0.1) is 17.6 Å². The highest BCUT2D eigenvalue weighted by molar-refractivity contribution is 5.70. The number of carboxylic acids is 1. The molecule has 5 heteroatoms. The number of hydrogen-bond acceptors (Lipinski definition) is 2. The molecule has 1 aromatic rings. The van der Waals surface area contributed by atoms with E-state index in [4.69, 9.17) is 5.11 Å². The molecule has 0 unspecified atom stereocenters. The van der Waals surface area contributed by atoms with E-state index in [0.29, 0.717) is 25.7 Å². The molecule has 0 saturated heterocycles. The first-order chi connectivity index (χ1) is 8.99. The average Bonchev–Trinajstić information content (AvgIpc) is 2.41. The van der Waals surface area contributed by atoms with E-state index < -0.39 is 17.6 Å². The van der Waals surface area contributed by atoms with Crippen LogP contribution in [0.3, 0.4) is 0 Å². The number of hydrogen-bond donors (Lipinski definition) is 1. The molecule has 0 atom stereocenters. The quantitative estimate of drug-likeness (QED) is 0.916. The van der Waals surface area contributed by atoms with Gasteiger partial charge in [-0.05, 0) is 37.8 Å². The fourth-order valence-electron chi connectivity index (χ4n) is 2.66. The molecule has 0 heterocycles. The number of carboxylic acid groups (broad SMARTS) is 1. The lowest BCUT2D eigenvalue weighted by atomic mass is 9.85. The largest absolute Gasteiger partial charge is 0.481 e. The van der Waals surface area contributed by atoms with Gasteiger partial charge in [0.15, 0.2) is 0 Å². The molecule has 0 spiro atoms. The van der Waals surface area contributed by atoms with Crippen molar-refractivity contribution >= 4 is 11.7 Å². The van der Waals surface area contributed by atoms with Crippen LogP contribution in [0.1, 0.15) is 25.7 Å². The van der Waals surface area contributed by atoms with Crippen molar-refractivity contribution in [3.63, 3.8) is 0 Å². The Balaban J connectivity index is 2.07. The lowest BCUT2D eigenvalue weighted by molar-refractivity contribution is -0.142. The van der Waals surface area contributed by atoms with E-state index >= 15 is 0 Å². The van der Waals surface area contributed by atoms with Gasteiger partial charge in [-0.25, -0.2) is 8.78 Å². The molecule has 19 heavy (non-hydrogen) atoms. The Labute approximate surface area is 110 Å². The summed E-state index contributed by atoms with van der Waals surface area (Å²) in [6.07, 6.45) is 2.54. The molecule has 0 amide bonds. The van der Waals surface area contributed by atoms with Gasteiger partial charge in [-0.15, -0.1) is 0 Å². The predicted molar refractivity (Wildman–Crippen MR) is 68.1 cm³/mol. The van der Waals surface area contributed by atoms with Gasteiger partial charge in [-0.3, -0.25) is 4.79 Å². The molecule has 104 valence electrons. The van der Waals surface area contributed by atoms with Crippen LogP contribution in [-0.2, 0) is 4.79 Å². The number of carbonyl (C=O) groups is 1. The van der Waals surface area contributed by atoms with Crippen LogP contribution in [0.2, 0.25) is 0 Å². The molecule has 1 N–H and O–H groups in total. The number of rotatable bonds is 3. The SMILES string of the molecule is CN(c1cc(F)ccc1F)C1CCC(C(=O)O)CC1. The monoisotopic (exact) mass is 269 g/mol. The number of aliphatic carboxylic acids is 1. The van der Waals surface area contributed by atoms with Crippen molar-refractivity contribution < 1.29 is 18.7 Å². The summed E-state index contributed by atoms with van der Waals surface area (Å²) in [4.78, 5) is 12.6. The first-order valence-electron chi connectivity index (χ1n) is 6.39. The standard InChI is InChI=1S/C14H17F2NO2/c1-17(13-8-10(15)4-7-12(13)16)11-5-2-9(3-6-11)14(18)19/h4,7-9,11H,2-3,5-6H2,1H3,(H,18,19). The predicted octanol–water partition coefficient (Wildman–Crippen LogP) is 3.04. The van der Waals surface area contributed by atoms with Gasteiger partial charge in [0.1, 0.15) is 11.6 Å². The van der Waals surface area contributed by atoms with Crippen molar-refractivity contribution in [2.24, 2.45) is 5.92 Å². The highest BCUT2D eigenvalue weighted by Crippen LogP contribution is 2.31. The fourth-order valence-corrected chi connectivity index (χ4v) is 2.66. The minimum absolute atomic E-state index is 0.0619. The van der Waals surface area contributed by atoms with Gasteiger partial charge >= 0.3 is 5.97 Å². The zero-order chi connectivity index (χ0) is 14.0. The number of nitrogens with zero attached hydrogens (tertiary/aromatic N) is 1. The molecule has 1 aliphatic rings. The van der Waals surface area contributed by atoms with Crippen molar-refractivity contribution in [3.05, 3.63) is 29.8 Å². The first-order valence-corrected chi connectivity index (χ1v) is 6.39. The van der Waals surface area contributed by atoms with Crippen LogP contribution in [0.25, 0.3) is 0 Å². The maximum Gasteiger partial charge on any atom is 0.306 e. The first kappa shape index (κ1) is 13.8. The maximum absolute atomic E-state index is 13.7. The van der Waals surface area contributed by atoms with E-state index in [1.807, 2.05) is 0 Å². The Kier molecular flexibility index (Phi) is 4.02. The van der Waals surface area contributed by atoms with Crippen molar-refractivity contribution in [1.82, 2.24) is 0 Å². The third-order valence-electron chi connectivity index (χ3n) is 3.88. The van der Waals surface area contributed by atoms with Gasteiger partial charge in [0.2, 0.25) is 0 Å². The number of benzene rings is 1. The second-order valence-corrected chi connectivity index (χ2v) is 5.05. The van der Waals surface area contributed by atoms with Gasteiger partial charge in [-0.1, -0.05) is 0 Å². The normalized spacial score (nSPS) is 23.1. The van der Waals surface area contributed by atoms with Crippen LogP contribution < -0.4 is 4.90 Å². The van der Waals surface area contributed by atoms with Gasteiger partial charge in [0.25, 0.3) is 0 Å². The van der Waals surface area contributed by atoms with E-state index in [2.05, 4.69) is 0 Å². The molecular weight excluding hydrogens is 252 g/mol. The molecule has 1 saturated carbocycles. The van der Waals surface area contributed by atoms with Crippen molar-refractivity contribution in [1.29, 1.82) is 0 Å². The van der Waals surface area contributed by atoms with Crippen molar-refractivity contribution in [2.75, 3.05) is 11.9 Å². The smallest absolute Gasteiger partial charge is 0.306 e. The molecule has 3 nitrogen and oxygen atoms in total.